The van der Waals surface area contributed by atoms with E-state index in [4.69, 9.17) is 0 Å². The normalized spacial score (nSPS) is 29.6. The molecule has 1 saturated carbocycles. The van der Waals surface area contributed by atoms with Crippen LogP contribution in [-0.2, 0) is 4.79 Å². The third-order valence-electron chi connectivity index (χ3n) is 4.57. The highest BCUT2D eigenvalue weighted by molar-refractivity contribution is 5.83. The summed E-state index contributed by atoms with van der Waals surface area (Å²) in [7, 11) is 0. The Morgan fingerprint density at radius 2 is 2.21 bits per heavy atom. The summed E-state index contributed by atoms with van der Waals surface area (Å²) in [4.78, 5) is 14.4. The topological polar surface area (TPSA) is 40.5 Å². The minimum atomic E-state index is 0.0608. The van der Waals surface area contributed by atoms with Crippen LogP contribution < -0.4 is 0 Å². The third kappa shape index (κ3) is 2.27. The van der Waals surface area contributed by atoms with Crippen molar-refractivity contribution in [3.05, 3.63) is 35.4 Å². The van der Waals surface area contributed by atoms with Gasteiger partial charge in [0.25, 0.3) is 0 Å². The Hall–Kier alpha value is -1.35. The van der Waals surface area contributed by atoms with Crippen LogP contribution in [0.25, 0.3) is 0 Å². The molecular weight excluding hydrogens is 238 g/mol. The second kappa shape index (κ2) is 4.97. The molecule has 102 valence electrons. The summed E-state index contributed by atoms with van der Waals surface area (Å²) in [5.74, 6) is 0.798. The van der Waals surface area contributed by atoms with E-state index in [1.165, 1.54) is 11.1 Å². The van der Waals surface area contributed by atoms with E-state index in [1.807, 2.05) is 11.0 Å². The monoisotopic (exact) mass is 259 g/mol. The van der Waals surface area contributed by atoms with Crippen molar-refractivity contribution < 1.29 is 9.90 Å². The molecule has 0 aromatic heterocycles. The van der Waals surface area contributed by atoms with Gasteiger partial charge < -0.3 is 10.0 Å². The summed E-state index contributed by atoms with van der Waals surface area (Å²) >= 11 is 0. The molecule has 3 nitrogen and oxygen atoms in total. The molecule has 1 aliphatic carbocycles. The smallest absolute Gasteiger partial charge is 0.226 e. The minimum Gasteiger partial charge on any atom is -0.394 e. The number of likely N-dealkylation sites (tertiary alicyclic amines) is 1. The van der Waals surface area contributed by atoms with E-state index >= 15 is 0 Å². The molecule has 2 aliphatic rings. The second-order valence-corrected chi connectivity index (χ2v) is 5.82. The molecule has 3 heteroatoms. The van der Waals surface area contributed by atoms with E-state index in [0.717, 1.165) is 25.8 Å². The van der Waals surface area contributed by atoms with Crippen molar-refractivity contribution in [2.45, 2.75) is 38.1 Å². The van der Waals surface area contributed by atoms with E-state index < -0.39 is 0 Å². The lowest BCUT2D eigenvalue weighted by molar-refractivity contribution is -0.134. The number of rotatable bonds is 3. The predicted octanol–water partition coefficient (Wildman–Crippen LogP) is 2.08. The van der Waals surface area contributed by atoms with Gasteiger partial charge in [-0.2, -0.15) is 0 Å². The molecule has 1 heterocycles. The molecule has 0 bridgehead atoms. The molecule has 3 rings (SSSR count). The summed E-state index contributed by atoms with van der Waals surface area (Å²) < 4.78 is 0. The van der Waals surface area contributed by atoms with Gasteiger partial charge in [-0.1, -0.05) is 24.3 Å². The number of hydrogen-bond acceptors (Lipinski definition) is 2. The van der Waals surface area contributed by atoms with Crippen molar-refractivity contribution in [3.8, 4) is 0 Å². The number of carbonyl (C=O) groups is 1. The van der Waals surface area contributed by atoms with Gasteiger partial charge in [0.05, 0.1) is 12.6 Å². The van der Waals surface area contributed by atoms with Crippen LogP contribution in [0.15, 0.2) is 24.3 Å². The van der Waals surface area contributed by atoms with Crippen LogP contribution in [0.3, 0.4) is 0 Å². The highest BCUT2D eigenvalue weighted by Crippen LogP contribution is 2.50. The first kappa shape index (κ1) is 12.7. The maximum atomic E-state index is 12.5. The van der Waals surface area contributed by atoms with Gasteiger partial charge in [-0.15, -0.1) is 0 Å². The van der Waals surface area contributed by atoms with Gasteiger partial charge in [0, 0.05) is 12.5 Å². The van der Waals surface area contributed by atoms with Crippen LogP contribution in [0.5, 0.6) is 0 Å². The van der Waals surface area contributed by atoms with Crippen LogP contribution in [-0.4, -0.2) is 35.1 Å². The fraction of sp³-hybridized carbons (Fsp3) is 0.562. The van der Waals surface area contributed by atoms with E-state index in [2.05, 4.69) is 25.1 Å². The Kier molecular flexibility index (Phi) is 3.31. The molecule has 0 radical (unpaired) electrons. The lowest BCUT2D eigenvalue weighted by atomic mass is 10.0. The number of aliphatic hydroxyl groups excluding tert-OH is 1. The molecule has 0 spiro atoms. The molecule has 19 heavy (non-hydrogen) atoms. The van der Waals surface area contributed by atoms with Gasteiger partial charge in [0.2, 0.25) is 5.91 Å². The molecule has 2 unspecified atom stereocenters. The summed E-state index contributed by atoms with van der Waals surface area (Å²) in [6.45, 7) is 3.04. The summed E-state index contributed by atoms with van der Waals surface area (Å²) in [5, 5.41) is 9.32. The van der Waals surface area contributed by atoms with Gasteiger partial charge in [-0.05, 0) is 43.2 Å². The number of carbonyl (C=O) groups excluding carboxylic acids is 1. The number of benzene rings is 1. The summed E-state index contributed by atoms with van der Waals surface area (Å²) in [6.07, 6.45) is 2.95. The molecule has 3 atom stereocenters. The SMILES string of the molecule is Cc1ccccc1C1CC1C(=O)N1CCC[C@@H]1CO. The number of aliphatic hydroxyl groups is 1. The molecule has 1 saturated heterocycles. The highest BCUT2D eigenvalue weighted by atomic mass is 16.3. The van der Waals surface area contributed by atoms with Gasteiger partial charge >= 0.3 is 0 Å². The lowest BCUT2D eigenvalue weighted by Gasteiger charge is -2.23. The van der Waals surface area contributed by atoms with Crippen molar-refractivity contribution in [1.82, 2.24) is 4.90 Å². The van der Waals surface area contributed by atoms with Crippen molar-refractivity contribution in [1.29, 1.82) is 0 Å². The van der Waals surface area contributed by atoms with Gasteiger partial charge in [-0.3, -0.25) is 4.79 Å². The van der Waals surface area contributed by atoms with E-state index in [9.17, 15) is 9.90 Å². The zero-order chi connectivity index (χ0) is 13.4. The number of nitrogens with zero attached hydrogens (tertiary/aromatic N) is 1. The lowest BCUT2D eigenvalue weighted by Crippen LogP contribution is -2.38. The first-order valence-corrected chi connectivity index (χ1v) is 7.19. The first-order valence-electron chi connectivity index (χ1n) is 7.19. The zero-order valence-electron chi connectivity index (χ0n) is 11.4. The summed E-state index contributed by atoms with van der Waals surface area (Å²) in [5.41, 5.74) is 2.60. The average Bonchev–Trinajstić information content (AvgIpc) is 3.07. The second-order valence-electron chi connectivity index (χ2n) is 5.82. The molecule has 2 fully saturated rings. The first-order chi connectivity index (χ1) is 9.22. The fourth-order valence-electron chi connectivity index (χ4n) is 3.34. The summed E-state index contributed by atoms with van der Waals surface area (Å²) in [6, 6.07) is 8.41. The predicted molar refractivity (Wildman–Crippen MR) is 73.8 cm³/mol. The molecular formula is C16H21NO2. The van der Waals surface area contributed by atoms with Gasteiger partial charge in [-0.25, -0.2) is 0 Å². The Morgan fingerprint density at radius 3 is 2.95 bits per heavy atom. The Labute approximate surface area is 114 Å². The van der Waals surface area contributed by atoms with Crippen LogP contribution >= 0.6 is 0 Å². The van der Waals surface area contributed by atoms with E-state index in [0.29, 0.717) is 5.92 Å². The maximum absolute atomic E-state index is 12.5. The largest absolute Gasteiger partial charge is 0.394 e. The molecule has 1 aliphatic heterocycles. The molecule has 1 aromatic rings. The molecule has 1 amide bonds. The highest BCUT2D eigenvalue weighted by Gasteiger charge is 2.47. The van der Waals surface area contributed by atoms with E-state index in [-0.39, 0.29) is 24.5 Å². The van der Waals surface area contributed by atoms with Crippen molar-refractivity contribution >= 4 is 5.91 Å². The van der Waals surface area contributed by atoms with Crippen LogP contribution in [0.4, 0.5) is 0 Å². The number of aryl methyl sites for hydroxylation is 1. The molecule has 1 aromatic carbocycles. The maximum Gasteiger partial charge on any atom is 0.226 e. The fourth-order valence-corrected chi connectivity index (χ4v) is 3.34. The van der Waals surface area contributed by atoms with Crippen LogP contribution in [0.1, 0.15) is 36.3 Å². The van der Waals surface area contributed by atoms with Crippen LogP contribution in [0, 0.1) is 12.8 Å². The van der Waals surface area contributed by atoms with Crippen molar-refractivity contribution in [3.63, 3.8) is 0 Å². The van der Waals surface area contributed by atoms with Crippen LogP contribution in [0.2, 0.25) is 0 Å². The van der Waals surface area contributed by atoms with Crippen molar-refractivity contribution in [2.75, 3.05) is 13.2 Å². The number of amides is 1. The average molecular weight is 259 g/mol. The standard InChI is InChI=1S/C16H21NO2/c1-11-5-2-3-7-13(11)14-9-15(14)16(19)17-8-4-6-12(17)10-18/h2-3,5,7,12,14-15,18H,4,6,8-10H2,1H3/t12-,14?,15?/m1/s1. The van der Waals surface area contributed by atoms with E-state index in [1.54, 1.807) is 0 Å². The van der Waals surface area contributed by atoms with Gasteiger partial charge in [0.15, 0.2) is 0 Å². The quantitative estimate of drug-likeness (QED) is 0.903. The third-order valence-corrected chi connectivity index (χ3v) is 4.57. The Bertz CT molecular complexity index is 485. The zero-order valence-corrected chi connectivity index (χ0v) is 11.4. The minimum absolute atomic E-state index is 0.0608. The number of hydrogen-bond donors (Lipinski definition) is 1. The molecule has 1 N–H and O–H groups in total. The van der Waals surface area contributed by atoms with Crippen molar-refractivity contribution in [2.24, 2.45) is 5.92 Å². The Morgan fingerprint density at radius 1 is 1.42 bits per heavy atom. The van der Waals surface area contributed by atoms with Gasteiger partial charge in [0.1, 0.15) is 0 Å². The Balaban J connectivity index is 1.70.